The molecule has 10 heteroatoms. The summed E-state index contributed by atoms with van der Waals surface area (Å²) in [6.45, 7) is 6.08. The number of hydrogen-bond acceptors (Lipinski definition) is 8. The number of hydrogen-bond donors (Lipinski definition) is 2. The van der Waals surface area contributed by atoms with Gasteiger partial charge in [0.05, 0.1) is 36.6 Å². The van der Waals surface area contributed by atoms with Crippen LogP contribution in [0.15, 0.2) is 73.3 Å². The molecule has 4 aromatic heterocycles. The Morgan fingerprint density at radius 1 is 0.667 bits per heavy atom. The number of unbranched alkanes of at least 4 members (excludes halogenated alkanes) is 1. The number of piperidine rings is 1. The Bertz CT molecular complexity index is 1880. The molecule has 0 radical (unpaired) electrons. The van der Waals surface area contributed by atoms with Gasteiger partial charge in [-0.15, -0.1) is 0 Å². The fourth-order valence-electron chi connectivity index (χ4n) is 7.28. The van der Waals surface area contributed by atoms with Gasteiger partial charge in [-0.1, -0.05) is 12.1 Å². The zero-order chi connectivity index (χ0) is 29.7. The highest BCUT2D eigenvalue weighted by Crippen LogP contribution is 2.47. The minimum Gasteiger partial charge on any atom is -0.450 e. The second-order valence-electron chi connectivity index (χ2n) is 12.7. The maximum Gasteiger partial charge on any atom is 0.177 e. The van der Waals surface area contributed by atoms with E-state index in [4.69, 9.17) is 19.4 Å². The summed E-state index contributed by atoms with van der Waals surface area (Å²) in [5.74, 6) is 4.47. The molecule has 6 aromatic rings. The van der Waals surface area contributed by atoms with Crippen LogP contribution in [0.1, 0.15) is 19.3 Å². The van der Waals surface area contributed by atoms with Crippen molar-refractivity contribution in [3.05, 3.63) is 73.3 Å². The van der Waals surface area contributed by atoms with Gasteiger partial charge in [0, 0.05) is 53.9 Å². The Morgan fingerprint density at radius 3 is 1.84 bits per heavy atom. The third-order valence-corrected chi connectivity index (χ3v) is 9.46. The van der Waals surface area contributed by atoms with E-state index in [9.17, 15) is 0 Å². The van der Waals surface area contributed by atoms with E-state index in [-0.39, 0.29) is 0 Å². The molecular formula is C35H34N8O2. The lowest BCUT2D eigenvalue weighted by Gasteiger charge is -2.41. The van der Waals surface area contributed by atoms with Crippen molar-refractivity contribution in [3.8, 4) is 33.8 Å². The molecule has 3 aliphatic heterocycles. The van der Waals surface area contributed by atoms with E-state index in [2.05, 4.69) is 78.7 Å². The number of aromatic nitrogens is 6. The molecule has 7 heterocycles. The van der Waals surface area contributed by atoms with Crippen molar-refractivity contribution in [1.29, 1.82) is 0 Å². The van der Waals surface area contributed by atoms with E-state index in [1.807, 2.05) is 24.8 Å². The molecule has 3 aliphatic rings. The first-order chi connectivity index (χ1) is 22.2. The average molecular weight is 599 g/mol. The molecule has 9 rings (SSSR count). The Hall–Kier alpha value is -4.80. The van der Waals surface area contributed by atoms with E-state index in [0.29, 0.717) is 11.8 Å². The summed E-state index contributed by atoms with van der Waals surface area (Å²) in [5, 5.41) is 16.5. The number of aromatic amines is 2. The minimum atomic E-state index is 0.690. The second kappa shape index (κ2) is 11.0. The molecule has 2 aromatic carbocycles. The van der Waals surface area contributed by atoms with E-state index in [0.717, 1.165) is 119 Å². The lowest BCUT2D eigenvalue weighted by atomic mass is 9.88. The van der Waals surface area contributed by atoms with E-state index in [1.165, 1.54) is 6.42 Å². The van der Waals surface area contributed by atoms with Gasteiger partial charge in [-0.25, -0.2) is 9.97 Å². The van der Waals surface area contributed by atoms with Gasteiger partial charge < -0.3 is 19.3 Å². The molecule has 2 N–H and O–H groups in total. The predicted octanol–water partition coefficient (Wildman–Crippen LogP) is 6.56. The highest BCUT2D eigenvalue weighted by molar-refractivity contribution is 5.86. The maximum atomic E-state index is 6.60. The second-order valence-corrected chi connectivity index (χ2v) is 12.7. The van der Waals surface area contributed by atoms with E-state index >= 15 is 0 Å². The Morgan fingerprint density at radius 2 is 1.24 bits per heavy atom. The first-order valence-electron chi connectivity index (χ1n) is 15.9. The van der Waals surface area contributed by atoms with Gasteiger partial charge in [0.15, 0.2) is 23.1 Å². The summed E-state index contributed by atoms with van der Waals surface area (Å²) in [5.41, 5.74) is 6.14. The van der Waals surface area contributed by atoms with Crippen LogP contribution in [0, 0.1) is 11.8 Å². The molecule has 0 amide bonds. The predicted molar refractivity (Wildman–Crippen MR) is 174 cm³/mol. The fourth-order valence-corrected chi connectivity index (χ4v) is 7.28. The number of nitrogens with one attached hydrogen (secondary N) is 2. The molecule has 2 saturated heterocycles. The average Bonchev–Trinajstić information content (AvgIpc) is 3.74. The number of fused-ring (bicyclic) bond motifs is 6. The third-order valence-electron chi connectivity index (χ3n) is 9.46. The summed E-state index contributed by atoms with van der Waals surface area (Å²) in [6, 6.07) is 16.7. The van der Waals surface area contributed by atoms with Crippen molar-refractivity contribution >= 4 is 33.4 Å². The van der Waals surface area contributed by atoms with Gasteiger partial charge in [0.1, 0.15) is 0 Å². The number of H-pyrrole nitrogens is 2. The number of pyridine rings is 2. The van der Waals surface area contributed by atoms with E-state index in [1.54, 1.807) is 0 Å². The van der Waals surface area contributed by atoms with Crippen LogP contribution in [0.3, 0.4) is 0 Å². The largest absolute Gasteiger partial charge is 0.450 e. The molecular weight excluding hydrogens is 564 g/mol. The molecule has 0 saturated carbocycles. The summed E-state index contributed by atoms with van der Waals surface area (Å²) in [7, 11) is 0. The van der Waals surface area contributed by atoms with Crippen molar-refractivity contribution in [3.63, 3.8) is 0 Å². The van der Waals surface area contributed by atoms with Gasteiger partial charge in [0.25, 0.3) is 0 Å². The smallest absolute Gasteiger partial charge is 0.177 e. The van der Waals surface area contributed by atoms with Gasteiger partial charge in [-0.2, -0.15) is 10.2 Å². The molecule has 226 valence electrons. The maximum absolute atomic E-state index is 6.60. The molecule has 2 fully saturated rings. The van der Waals surface area contributed by atoms with Crippen molar-refractivity contribution < 1.29 is 9.47 Å². The molecule has 0 spiro atoms. The van der Waals surface area contributed by atoms with Crippen LogP contribution in [-0.4, -0.2) is 74.7 Å². The summed E-state index contributed by atoms with van der Waals surface area (Å²) >= 11 is 0. The number of ether oxygens (including phenoxy) is 2. The zero-order valence-corrected chi connectivity index (χ0v) is 24.9. The number of likely N-dealkylation sites (tertiary alicyclic amines) is 1. The Balaban J connectivity index is 1.01. The Labute approximate surface area is 260 Å². The summed E-state index contributed by atoms with van der Waals surface area (Å²) < 4.78 is 12.4. The Kier molecular flexibility index (Phi) is 6.48. The molecule has 10 nitrogen and oxygen atoms in total. The van der Waals surface area contributed by atoms with Crippen LogP contribution in [0.2, 0.25) is 0 Å². The number of nitrogens with zero attached hydrogens (tertiary/aromatic N) is 6. The molecule has 2 atom stereocenters. The number of benzene rings is 2. The third kappa shape index (κ3) is 5.00. The molecule has 0 aliphatic carbocycles. The lowest BCUT2D eigenvalue weighted by Crippen LogP contribution is -2.46. The zero-order valence-electron chi connectivity index (χ0n) is 24.9. The minimum absolute atomic E-state index is 0.690. The molecule has 45 heavy (non-hydrogen) atoms. The SMILES string of the molecule is c1cc2[nH]ncc2cc1-c1cnc2c(c1)Oc1cc(-c3ccc4[nH]ncc4c3)cnc1N2CCCCN1CC2COCC(C2)C1. The van der Waals surface area contributed by atoms with Gasteiger partial charge in [0.2, 0.25) is 0 Å². The standard InChI is InChI=1S/C35H34N8O2/c1(7-42-18-22-9-23(19-42)21-44-20-22)2-8-43-34-32(12-26(14-36-34)24-3-5-30-28(10-24)16-38-40-30)45-33-13-27(15-37-35(33)43)25-4-6-31-29(11-25)17-39-41-31/h3-6,10-17,22-23H,1-2,7-9,18-21H2,(H,38,40)(H,39,41). The van der Waals surface area contributed by atoms with Crippen LogP contribution in [0.5, 0.6) is 11.5 Å². The van der Waals surface area contributed by atoms with Crippen molar-refractivity contribution in [2.24, 2.45) is 11.8 Å². The topological polar surface area (TPSA) is 108 Å². The number of anilines is 2. The van der Waals surface area contributed by atoms with Gasteiger partial charge in [-0.3, -0.25) is 10.2 Å². The van der Waals surface area contributed by atoms with Crippen molar-refractivity contribution in [2.75, 3.05) is 44.3 Å². The van der Waals surface area contributed by atoms with Crippen molar-refractivity contribution in [1.82, 2.24) is 35.3 Å². The summed E-state index contributed by atoms with van der Waals surface area (Å²) in [6.07, 6.45) is 11.0. The first-order valence-corrected chi connectivity index (χ1v) is 15.9. The van der Waals surface area contributed by atoms with Crippen LogP contribution in [-0.2, 0) is 4.74 Å². The highest BCUT2D eigenvalue weighted by atomic mass is 16.5. The number of rotatable bonds is 7. The monoisotopic (exact) mass is 598 g/mol. The fraction of sp³-hybridized carbons (Fsp3) is 0.314. The van der Waals surface area contributed by atoms with Crippen LogP contribution in [0.25, 0.3) is 44.1 Å². The quantitative estimate of drug-likeness (QED) is 0.199. The summed E-state index contributed by atoms with van der Waals surface area (Å²) in [4.78, 5) is 14.8. The lowest BCUT2D eigenvalue weighted by molar-refractivity contribution is -0.0405. The van der Waals surface area contributed by atoms with Crippen LogP contribution >= 0.6 is 0 Å². The van der Waals surface area contributed by atoms with Crippen molar-refractivity contribution in [2.45, 2.75) is 19.3 Å². The van der Waals surface area contributed by atoms with E-state index < -0.39 is 0 Å². The van der Waals surface area contributed by atoms with Gasteiger partial charge in [-0.05, 0) is 85.2 Å². The first kappa shape index (κ1) is 26.6. The highest BCUT2D eigenvalue weighted by Gasteiger charge is 2.31. The van der Waals surface area contributed by atoms with Crippen LogP contribution in [0.4, 0.5) is 11.6 Å². The van der Waals surface area contributed by atoms with Gasteiger partial charge >= 0.3 is 0 Å². The molecule has 2 unspecified atom stereocenters. The molecule has 2 bridgehead atoms. The normalized spacial score (nSPS) is 19.4. The van der Waals surface area contributed by atoms with Crippen LogP contribution < -0.4 is 9.64 Å².